The van der Waals surface area contributed by atoms with Gasteiger partial charge in [-0.1, -0.05) is 23.7 Å². The summed E-state index contributed by atoms with van der Waals surface area (Å²) < 4.78 is 34.1. The molecule has 0 saturated heterocycles. The number of pyridine rings is 1. The zero-order chi connectivity index (χ0) is 22.8. The summed E-state index contributed by atoms with van der Waals surface area (Å²) in [5.41, 5.74) is 0.755. The van der Waals surface area contributed by atoms with Crippen LogP contribution in [0, 0.1) is 6.92 Å². The minimum absolute atomic E-state index is 0.145. The van der Waals surface area contributed by atoms with Gasteiger partial charge in [-0.3, -0.25) is 15.1 Å². The summed E-state index contributed by atoms with van der Waals surface area (Å²) in [6, 6.07) is 9.91. The summed E-state index contributed by atoms with van der Waals surface area (Å²) in [7, 11) is 1.54. The first kappa shape index (κ1) is 21.8. The standard InChI is InChI=1S/C21H16ClF2N5O2S/c1-11-17(18(19(23)24)29(28-11)16-6-4-3-5-13(16)22)20(30)27-21-26-15(10-32-21)14-8-7-12(31-2)9-25-14/h3-10,19H,1-2H3,(H,26,27,30). The summed E-state index contributed by atoms with van der Waals surface area (Å²) in [4.78, 5) is 21.5. The fourth-order valence-electron chi connectivity index (χ4n) is 3.10. The number of para-hydroxylation sites is 1. The predicted molar refractivity (Wildman–Crippen MR) is 118 cm³/mol. The third-order valence-electron chi connectivity index (χ3n) is 4.57. The molecular weight excluding hydrogens is 460 g/mol. The van der Waals surface area contributed by atoms with Gasteiger partial charge < -0.3 is 4.74 Å². The molecule has 0 spiro atoms. The number of alkyl halides is 2. The maximum absolute atomic E-state index is 14.0. The first-order valence-corrected chi connectivity index (χ1v) is 10.5. The Kier molecular flexibility index (Phi) is 6.15. The number of halogens is 3. The number of amides is 1. The van der Waals surface area contributed by atoms with Gasteiger partial charge in [-0.25, -0.2) is 18.4 Å². The minimum atomic E-state index is -2.96. The summed E-state index contributed by atoms with van der Waals surface area (Å²) in [6.45, 7) is 1.49. The fourth-order valence-corrected chi connectivity index (χ4v) is 4.01. The van der Waals surface area contributed by atoms with E-state index in [0.29, 0.717) is 17.1 Å². The van der Waals surface area contributed by atoms with Crippen LogP contribution < -0.4 is 10.1 Å². The van der Waals surface area contributed by atoms with Crippen molar-refractivity contribution in [3.8, 4) is 22.8 Å². The summed E-state index contributed by atoms with van der Waals surface area (Å²) in [5, 5.41) is 8.92. The lowest BCUT2D eigenvalue weighted by molar-refractivity contribution is 0.100. The molecule has 11 heteroatoms. The highest BCUT2D eigenvalue weighted by atomic mass is 35.5. The van der Waals surface area contributed by atoms with Gasteiger partial charge in [0.15, 0.2) is 5.13 Å². The molecule has 0 aliphatic heterocycles. The third kappa shape index (κ3) is 4.19. The quantitative estimate of drug-likeness (QED) is 0.395. The molecular formula is C21H16ClF2N5O2S. The number of benzene rings is 1. The van der Waals surface area contributed by atoms with Crippen molar-refractivity contribution in [3.63, 3.8) is 0 Å². The van der Waals surface area contributed by atoms with Crippen LogP contribution in [0.4, 0.5) is 13.9 Å². The van der Waals surface area contributed by atoms with E-state index in [1.165, 1.54) is 14.0 Å². The molecule has 0 atom stereocenters. The number of carbonyl (C=O) groups excluding carboxylic acids is 1. The Morgan fingerprint density at radius 3 is 2.66 bits per heavy atom. The lowest BCUT2D eigenvalue weighted by Gasteiger charge is -2.10. The Morgan fingerprint density at radius 2 is 2.00 bits per heavy atom. The van der Waals surface area contributed by atoms with Crippen LogP contribution in [0.2, 0.25) is 5.02 Å². The molecule has 1 N–H and O–H groups in total. The van der Waals surface area contributed by atoms with Crippen LogP contribution in [0.3, 0.4) is 0 Å². The Morgan fingerprint density at radius 1 is 1.22 bits per heavy atom. The van der Waals surface area contributed by atoms with E-state index in [1.807, 2.05) is 0 Å². The summed E-state index contributed by atoms with van der Waals surface area (Å²) in [6.07, 6.45) is -1.41. The van der Waals surface area contributed by atoms with Gasteiger partial charge in [0.05, 0.1) is 41.0 Å². The van der Waals surface area contributed by atoms with E-state index in [9.17, 15) is 13.6 Å². The van der Waals surface area contributed by atoms with Crippen LogP contribution in [0.5, 0.6) is 5.75 Å². The van der Waals surface area contributed by atoms with E-state index in [0.717, 1.165) is 16.0 Å². The number of aromatic nitrogens is 4. The van der Waals surface area contributed by atoms with Crippen LogP contribution in [0.15, 0.2) is 48.0 Å². The van der Waals surface area contributed by atoms with E-state index >= 15 is 0 Å². The van der Waals surface area contributed by atoms with Gasteiger partial charge in [0, 0.05) is 5.38 Å². The Bertz CT molecular complexity index is 1270. The monoisotopic (exact) mass is 475 g/mol. The number of rotatable bonds is 6. The van der Waals surface area contributed by atoms with Crippen LogP contribution in [0.25, 0.3) is 17.1 Å². The molecule has 164 valence electrons. The number of nitrogens with zero attached hydrogens (tertiary/aromatic N) is 4. The Hall–Kier alpha value is -3.37. The van der Waals surface area contributed by atoms with Gasteiger partial charge in [-0.05, 0) is 31.2 Å². The van der Waals surface area contributed by atoms with Crippen molar-refractivity contribution in [1.29, 1.82) is 0 Å². The minimum Gasteiger partial charge on any atom is -0.495 e. The number of carbonyl (C=O) groups is 1. The summed E-state index contributed by atoms with van der Waals surface area (Å²) in [5.74, 6) is -0.136. The van der Waals surface area contributed by atoms with Crippen molar-refractivity contribution in [2.24, 2.45) is 0 Å². The number of hydrogen-bond acceptors (Lipinski definition) is 6. The second kappa shape index (κ2) is 9.01. The van der Waals surface area contributed by atoms with E-state index in [2.05, 4.69) is 20.4 Å². The first-order valence-electron chi connectivity index (χ1n) is 9.29. The van der Waals surface area contributed by atoms with Gasteiger partial charge >= 0.3 is 0 Å². The number of hydrogen-bond donors (Lipinski definition) is 1. The normalized spacial score (nSPS) is 11.1. The van der Waals surface area contributed by atoms with E-state index in [4.69, 9.17) is 16.3 Å². The van der Waals surface area contributed by atoms with Crippen molar-refractivity contribution in [3.05, 3.63) is 69.9 Å². The van der Waals surface area contributed by atoms with Crippen LogP contribution in [0.1, 0.15) is 28.2 Å². The SMILES string of the molecule is COc1ccc(-c2csc(NC(=O)c3c(C)nn(-c4ccccc4Cl)c3C(F)F)n2)nc1. The highest BCUT2D eigenvalue weighted by Crippen LogP contribution is 2.32. The smallest absolute Gasteiger partial charge is 0.281 e. The molecule has 0 aliphatic rings. The van der Waals surface area contributed by atoms with E-state index in [-0.39, 0.29) is 27.1 Å². The van der Waals surface area contributed by atoms with Gasteiger partial charge in [-0.2, -0.15) is 5.10 Å². The number of thiazole rings is 1. The molecule has 0 radical (unpaired) electrons. The average Bonchev–Trinajstić information content (AvgIpc) is 3.38. The maximum Gasteiger partial charge on any atom is 0.281 e. The first-order chi connectivity index (χ1) is 15.4. The summed E-state index contributed by atoms with van der Waals surface area (Å²) >= 11 is 7.31. The lowest BCUT2D eigenvalue weighted by Crippen LogP contribution is -2.15. The van der Waals surface area contributed by atoms with E-state index < -0.39 is 18.0 Å². The highest BCUT2D eigenvalue weighted by Gasteiger charge is 2.29. The topological polar surface area (TPSA) is 81.9 Å². The second-order valence-electron chi connectivity index (χ2n) is 6.58. The van der Waals surface area contributed by atoms with Crippen molar-refractivity contribution in [1.82, 2.24) is 19.7 Å². The molecule has 1 amide bonds. The van der Waals surface area contributed by atoms with E-state index in [1.54, 1.807) is 48.0 Å². The lowest BCUT2D eigenvalue weighted by atomic mass is 10.1. The molecule has 0 fully saturated rings. The third-order valence-corrected chi connectivity index (χ3v) is 5.65. The zero-order valence-electron chi connectivity index (χ0n) is 16.8. The predicted octanol–water partition coefficient (Wildman–Crippen LogP) is 5.55. The molecule has 7 nitrogen and oxygen atoms in total. The molecule has 0 bridgehead atoms. The van der Waals surface area contributed by atoms with Gasteiger partial charge in [0.2, 0.25) is 0 Å². The molecule has 0 saturated carbocycles. The highest BCUT2D eigenvalue weighted by molar-refractivity contribution is 7.14. The number of anilines is 1. The van der Waals surface area contributed by atoms with Crippen LogP contribution >= 0.6 is 22.9 Å². The largest absolute Gasteiger partial charge is 0.495 e. The number of methoxy groups -OCH3 is 1. The zero-order valence-corrected chi connectivity index (χ0v) is 18.4. The molecule has 0 aliphatic carbocycles. The van der Waals surface area contributed by atoms with Crippen LogP contribution in [-0.2, 0) is 0 Å². The number of aryl methyl sites for hydroxylation is 1. The van der Waals surface area contributed by atoms with Gasteiger partial charge in [-0.15, -0.1) is 11.3 Å². The van der Waals surface area contributed by atoms with Crippen molar-refractivity contribution in [2.45, 2.75) is 13.3 Å². The average molecular weight is 476 g/mol. The Labute approximate surface area is 190 Å². The van der Waals surface area contributed by atoms with Crippen molar-refractivity contribution < 1.29 is 18.3 Å². The van der Waals surface area contributed by atoms with Crippen LogP contribution in [-0.4, -0.2) is 32.8 Å². The number of ether oxygens (including phenoxy) is 1. The molecule has 32 heavy (non-hydrogen) atoms. The molecule has 1 aromatic carbocycles. The van der Waals surface area contributed by atoms with Gasteiger partial charge in [0.25, 0.3) is 12.3 Å². The Balaban J connectivity index is 1.64. The molecule has 3 aromatic heterocycles. The van der Waals surface area contributed by atoms with Crippen molar-refractivity contribution >= 4 is 34.0 Å². The molecule has 4 aromatic rings. The second-order valence-corrected chi connectivity index (χ2v) is 7.85. The fraction of sp³-hybridized carbons (Fsp3) is 0.143. The maximum atomic E-state index is 14.0. The molecule has 3 heterocycles. The van der Waals surface area contributed by atoms with Crippen molar-refractivity contribution in [2.75, 3.05) is 12.4 Å². The molecule has 0 unspecified atom stereocenters. The van der Waals surface area contributed by atoms with Gasteiger partial charge in [0.1, 0.15) is 17.1 Å². The molecule has 4 rings (SSSR count). The number of nitrogens with one attached hydrogen (secondary N) is 1.